The van der Waals surface area contributed by atoms with Crippen molar-refractivity contribution < 1.29 is 37.8 Å². The maximum Gasteiger partial charge on any atom is 0.333 e. The molecule has 1 aliphatic heterocycles. The van der Waals surface area contributed by atoms with Crippen molar-refractivity contribution in [2.24, 2.45) is 0 Å². The SMILES string of the molecule is COC(=O)CON(Cc1ccccc1)[C@@H](C(=O)OC)[C@@H]1O[C@H](C)OC[C@H]1O[Si](C)(C)C(C)(C)C. The minimum absolute atomic E-state index is 0.0630. The Hall–Kier alpha value is -1.82. The first-order chi connectivity index (χ1) is 15.9. The molecule has 0 aromatic heterocycles. The quantitative estimate of drug-likeness (QED) is 0.274. The molecule has 0 aliphatic carbocycles. The Bertz CT molecular complexity index is 798. The van der Waals surface area contributed by atoms with Gasteiger partial charge in [0.25, 0.3) is 0 Å². The molecule has 10 heteroatoms. The van der Waals surface area contributed by atoms with Crippen LogP contribution in [0.2, 0.25) is 18.1 Å². The van der Waals surface area contributed by atoms with Gasteiger partial charge in [-0.2, -0.15) is 5.06 Å². The summed E-state index contributed by atoms with van der Waals surface area (Å²) in [6.45, 7) is 12.5. The Morgan fingerprint density at radius 3 is 2.35 bits per heavy atom. The van der Waals surface area contributed by atoms with Crippen LogP contribution in [-0.4, -0.2) is 77.3 Å². The number of esters is 2. The van der Waals surface area contributed by atoms with Crippen LogP contribution in [0.25, 0.3) is 0 Å². The second-order valence-electron chi connectivity index (χ2n) is 9.80. The lowest BCUT2D eigenvalue weighted by atomic mass is 10.0. The number of nitrogens with zero attached hydrogens (tertiary/aromatic N) is 1. The summed E-state index contributed by atoms with van der Waals surface area (Å²) in [5, 5.41) is 1.36. The lowest BCUT2D eigenvalue weighted by molar-refractivity contribution is -0.286. The molecule has 1 fully saturated rings. The second-order valence-corrected chi connectivity index (χ2v) is 14.6. The molecule has 4 atom stereocenters. The molecule has 0 unspecified atom stereocenters. The highest BCUT2D eigenvalue weighted by Gasteiger charge is 2.49. The number of hydroxylamine groups is 2. The van der Waals surface area contributed by atoms with Crippen LogP contribution in [0.5, 0.6) is 0 Å². The van der Waals surface area contributed by atoms with Crippen molar-refractivity contribution in [3.63, 3.8) is 0 Å². The van der Waals surface area contributed by atoms with Gasteiger partial charge in [-0.05, 0) is 30.6 Å². The van der Waals surface area contributed by atoms with E-state index in [0.717, 1.165) is 5.56 Å². The van der Waals surface area contributed by atoms with Gasteiger partial charge in [0.2, 0.25) is 0 Å². The number of carbonyl (C=O) groups excluding carboxylic acids is 2. The number of ether oxygens (including phenoxy) is 4. The van der Waals surface area contributed by atoms with E-state index >= 15 is 0 Å². The fourth-order valence-electron chi connectivity index (χ4n) is 3.33. The Kier molecular flexibility index (Phi) is 10.2. The third-order valence-corrected chi connectivity index (χ3v) is 10.8. The number of methoxy groups -OCH3 is 2. The van der Waals surface area contributed by atoms with E-state index in [-0.39, 0.29) is 24.8 Å². The summed E-state index contributed by atoms with van der Waals surface area (Å²) in [6.07, 6.45) is -1.86. The standard InChI is InChI=1S/C24H39NO8Si/c1-17-30-15-19(33-34(7,8)24(2,3)4)22(32-17)21(23(27)29-6)25(31-16-20(26)28-5)14-18-12-10-9-11-13-18/h9-13,17,19,21-22H,14-16H2,1-8H3/t17-,19-,21-,22-/m1/s1. The van der Waals surface area contributed by atoms with Crippen LogP contribution in [0.15, 0.2) is 30.3 Å². The summed E-state index contributed by atoms with van der Waals surface area (Å²) in [5.41, 5.74) is 0.878. The first-order valence-corrected chi connectivity index (χ1v) is 14.3. The Balaban J connectivity index is 2.44. The highest BCUT2D eigenvalue weighted by molar-refractivity contribution is 6.74. The molecular weight excluding hydrogens is 458 g/mol. The number of rotatable bonds is 10. The normalized spacial score (nSPS) is 22.3. The molecule has 1 aromatic rings. The third kappa shape index (κ3) is 7.59. The molecule has 34 heavy (non-hydrogen) atoms. The number of hydrogen-bond donors (Lipinski definition) is 0. The average molecular weight is 498 g/mol. The van der Waals surface area contributed by atoms with E-state index < -0.39 is 44.8 Å². The number of hydrogen-bond acceptors (Lipinski definition) is 9. The molecule has 192 valence electrons. The van der Waals surface area contributed by atoms with Crippen molar-refractivity contribution in [3.05, 3.63) is 35.9 Å². The van der Waals surface area contributed by atoms with Crippen LogP contribution in [-0.2, 0) is 44.3 Å². The molecule has 1 saturated heterocycles. The van der Waals surface area contributed by atoms with Gasteiger partial charge < -0.3 is 23.4 Å². The average Bonchev–Trinajstić information content (AvgIpc) is 2.78. The lowest BCUT2D eigenvalue weighted by Gasteiger charge is -2.46. The lowest BCUT2D eigenvalue weighted by Crippen LogP contribution is -2.61. The highest BCUT2D eigenvalue weighted by Crippen LogP contribution is 2.39. The minimum atomic E-state index is -2.24. The zero-order valence-electron chi connectivity index (χ0n) is 21.5. The summed E-state index contributed by atoms with van der Waals surface area (Å²) in [6, 6.07) is 8.46. The van der Waals surface area contributed by atoms with Crippen molar-refractivity contribution in [3.8, 4) is 0 Å². The first kappa shape index (κ1) is 28.4. The van der Waals surface area contributed by atoms with Crippen molar-refractivity contribution in [1.29, 1.82) is 0 Å². The Morgan fingerprint density at radius 2 is 1.79 bits per heavy atom. The fourth-order valence-corrected chi connectivity index (χ4v) is 4.64. The largest absolute Gasteiger partial charge is 0.468 e. The van der Waals surface area contributed by atoms with Gasteiger partial charge in [-0.3, -0.25) is 9.63 Å². The van der Waals surface area contributed by atoms with Crippen LogP contribution < -0.4 is 0 Å². The third-order valence-electron chi connectivity index (χ3n) is 6.28. The van der Waals surface area contributed by atoms with Gasteiger partial charge in [0.1, 0.15) is 6.10 Å². The van der Waals surface area contributed by atoms with Crippen LogP contribution in [0.3, 0.4) is 0 Å². The van der Waals surface area contributed by atoms with Gasteiger partial charge in [-0.1, -0.05) is 51.1 Å². The van der Waals surface area contributed by atoms with Gasteiger partial charge in [-0.25, -0.2) is 4.79 Å². The molecule has 0 N–H and O–H groups in total. The molecule has 0 amide bonds. The molecule has 0 bridgehead atoms. The molecule has 0 spiro atoms. The summed E-state index contributed by atoms with van der Waals surface area (Å²) < 4.78 is 28.4. The molecule has 1 heterocycles. The van der Waals surface area contributed by atoms with E-state index in [1.165, 1.54) is 19.3 Å². The van der Waals surface area contributed by atoms with Crippen molar-refractivity contribution in [2.75, 3.05) is 27.4 Å². The van der Waals surface area contributed by atoms with Gasteiger partial charge in [0.05, 0.1) is 33.5 Å². The van der Waals surface area contributed by atoms with Gasteiger partial charge in [0.15, 0.2) is 27.3 Å². The maximum absolute atomic E-state index is 13.1. The molecular formula is C24H39NO8Si. The van der Waals surface area contributed by atoms with Crippen LogP contribution >= 0.6 is 0 Å². The Morgan fingerprint density at radius 1 is 1.15 bits per heavy atom. The van der Waals surface area contributed by atoms with E-state index in [0.29, 0.717) is 0 Å². The molecule has 1 aromatic carbocycles. The summed E-state index contributed by atoms with van der Waals surface area (Å²) in [7, 11) is 0.340. The van der Waals surface area contributed by atoms with E-state index in [2.05, 4.69) is 33.9 Å². The zero-order valence-corrected chi connectivity index (χ0v) is 22.5. The number of carbonyl (C=O) groups is 2. The van der Waals surface area contributed by atoms with Crippen molar-refractivity contribution in [1.82, 2.24) is 5.06 Å². The monoisotopic (exact) mass is 497 g/mol. The molecule has 2 rings (SSSR count). The van der Waals surface area contributed by atoms with Gasteiger partial charge >= 0.3 is 11.9 Å². The summed E-state index contributed by atoms with van der Waals surface area (Å²) >= 11 is 0. The zero-order chi connectivity index (χ0) is 25.5. The van der Waals surface area contributed by atoms with E-state index in [1.54, 1.807) is 6.92 Å². The Labute approximate surface area is 203 Å². The minimum Gasteiger partial charge on any atom is -0.468 e. The van der Waals surface area contributed by atoms with E-state index in [1.807, 2.05) is 30.3 Å². The van der Waals surface area contributed by atoms with E-state index in [4.69, 9.17) is 28.2 Å². The number of benzene rings is 1. The molecule has 9 nitrogen and oxygen atoms in total. The van der Waals surface area contributed by atoms with E-state index in [9.17, 15) is 9.59 Å². The fraction of sp³-hybridized carbons (Fsp3) is 0.667. The summed E-state index contributed by atoms with van der Waals surface area (Å²) in [4.78, 5) is 30.8. The van der Waals surface area contributed by atoms with Crippen molar-refractivity contribution in [2.45, 2.75) is 76.9 Å². The summed E-state index contributed by atoms with van der Waals surface area (Å²) in [5.74, 6) is -1.14. The first-order valence-electron chi connectivity index (χ1n) is 11.4. The van der Waals surface area contributed by atoms with Crippen molar-refractivity contribution >= 4 is 20.3 Å². The predicted molar refractivity (Wildman–Crippen MR) is 128 cm³/mol. The van der Waals surface area contributed by atoms with Gasteiger partial charge in [-0.15, -0.1) is 0 Å². The smallest absolute Gasteiger partial charge is 0.333 e. The molecule has 0 radical (unpaired) electrons. The van der Waals surface area contributed by atoms with Crippen LogP contribution in [0.4, 0.5) is 0 Å². The predicted octanol–water partition coefficient (Wildman–Crippen LogP) is 3.29. The van der Waals surface area contributed by atoms with Gasteiger partial charge in [0, 0.05) is 0 Å². The van der Waals surface area contributed by atoms with Crippen LogP contribution in [0.1, 0.15) is 33.3 Å². The topological polar surface area (TPSA) is 92.8 Å². The second kappa shape index (κ2) is 12.2. The highest BCUT2D eigenvalue weighted by atomic mass is 28.4. The van der Waals surface area contributed by atoms with Crippen LogP contribution in [0, 0.1) is 0 Å². The maximum atomic E-state index is 13.1. The molecule has 0 saturated carbocycles. The molecule has 1 aliphatic rings.